The van der Waals surface area contributed by atoms with Crippen molar-refractivity contribution in [1.29, 1.82) is 0 Å². The molecule has 154 valence electrons. The maximum atomic E-state index is 14.7. The van der Waals surface area contributed by atoms with Gasteiger partial charge in [0.05, 0.1) is 18.9 Å². The molecule has 1 unspecified atom stereocenters. The number of anilines is 2. The summed E-state index contributed by atoms with van der Waals surface area (Å²) in [5.41, 5.74) is 1.88. The van der Waals surface area contributed by atoms with Crippen LogP contribution in [-0.4, -0.2) is 32.2 Å². The number of hydrogen-bond acceptors (Lipinski definition) is 4. The van der Waals surface area contributed by atoms with Crippen LogP contribution in [0.5, 0.6) is 0 Å². The third-order valence-electron chi connectivity index (χ3n) is 4.90. The van der Waals surface area contributed by atoms with Crippen molar-refractivity contribution in [2.24, 2.45) is 0 Å². The molecule has 1 aliphatic rings. The molecule has 1 saturated heterocycles. The van der Waals surface area contributed by atoms with E-state index in [0.717, 1.165) is 10.5 Å². The minimum absolute atomic E-state index is 0.187. The van der Waals surface area contributed by atoms with Crippen molar-refractivity contribution in [3.05, 3.63) is 90.2 Å². The van der Waals surface area contributed by atoms with E-state index in [0.29, 0.717) is 37.7 Å². The van der Waals surface area contributed by atoms with Gasteiger partial charge in [-0.3, -0.25) is 4.79 Å². The van der Waals surface area contributed by atoms with E-state index < -0.39 is 5.25 Å². The van der Waals surface area contributed by atoms with Gasteiger partial charge in [-0.25, -0.2) is 4.39 Å². The maximum Gasteiger partial charge on any atom is 0.242 e. The zero-order valence-electron chi connectivity index (χ0n) is 16.5. The summed E-state index contributed by atoms with van der Waals surface area (Å²) in [6.45, 7) is 2.50. The van der Waals surface area contributed by atoms with Crippen LogP contribution in [-0.2, 0) is 9.53 Å². The number of hydrogen-bond donors (Lipinski definition) is 1. The first-order chi connectivity index (χ1) is 14.7. The first-order valence-corrected chi connectivity index (χ1v) is 10.8. The summed E-state index contributed by atoms with van der Waals surface area (Å²) in [6, 6.07) is 24.3. The van der Waals surface area contributed by atoms with Crippen molar-refractivity contribution in [3.8, 4) is 0 Å². The molecule has 0 saturated carbocycles. The number of morpholine rings is 1. The highest BCUT2D eigenvalue weighted by Crippen LogP contribution is 2.36. The van der Waals surface area contributed by atoms with Gasteiger partial charge >= 0.3 is 0 Å². The molecule has 1 N–H and O–H groups in total. The lowest BCUT2D eigenvalue weighted by Crippen LogP contribution is -2.36. The van der Waals surface area contributed by atoms with Gasteiger partial charge in [-0.1, -0.05) is 48.5 Å². The fraction of sp³-hybridized carbons (Fsp3) is 0.208. The van der Waals surface area contributed by atoms with Gasteiger partial charge in [0.2, 0.25) is 5.91 Å². The fourth-order valence-electron chi connectivity index (χ4n) is 3.39. The Hall–Kier alpha value is -2.83. The van der Waals surface area contributed by atoms with E-state index in [-0.39, 0.29) is 11.7 Å². The number of carbonyl (C=O) groups is 1. The summed E-state index contributed by atoms with van der Waals surface area (Å²) in [6.07, 6.45) is 0. The van der Waals surface area contributed by atoms with E-state index in [1.54, 1.807) is 12.1 Å². The normalized spacial score (nSPS) is 14.9. The number of nitrogens with zero attached hydrogens (tertiary/aromatic N) is 1. The number of amides is 1. The molecule has 3 aromatic rings. The molecule has 0 spiro atoms. The molecule has 30 heavy (non-hydrogen) atoms. The first-order valence-electron chi connectivity index (χ1n) is 9.90. The topological polar surface area (TPSA) is 41.6 Å². The summed E-state index contributed by atoms with van der Waals surface area (Å²) in [4.78, 5) is 16.1. The van der Waals surface area contributed by atoms with Gasteiger partial charge in [0.1, 0.15) is 11.1 Å². The van der Waals surface area contributed by atoms with Gasteiger partial charge in [0, 0.05) is 23.7 Å². The summed E-state index contributed by atoms with van der Waals surface area (Å²) in [7, 11) is 0. The number of benzene rings is 3. The van der Waals surface area contributed by atoms with Crippen LogP contribution < -0.4 is 10.2 Å². The fourth-order valence-corrected chi connectivity index (χ4v) is 4.43. The highest BCUT2D eigenvalue weighted by molar-refractivity contribution is 8.00. The monoisotopic (exact) mass is 422 g/mol. The van der Waals surface area contributed by atoms with Gasteiger partial charge in [0.15, 0.2) is 0 Å². The van der Waals surface area contributed by atoms with Crippen molar-refractivity contribution in [2.75, 3.05) is 36.5 Å². The van der Waals surface area contributed by atoms with Crippen LogP contribution in [0.1, 0.15) is 10.8 Å². The van der Waals surface area contributed by atoms with Gasteiger partial charge in [-0.05, 0) is 35.9 Å². The van der Waals surface area contributed by atoms with Gasteiger partial charge < -0.3 is 15.0 Å². The molecule has 1 amide bonds. The number of ether oxygens (including phenoxy) is 1. The Labute approximate surface area is 180 Å². The highest BCUT2D eigenvalue weighted by atomic mass is 32.2. The summed E-state index contributed by atoms with van der Waals surface area (Å²) in [5.74, 6) is -0.532. The average Bonchev–Trinajstić information content (AvgIpc) is 2.79. The van der Waals surface area contributed by atoms with Crippen molar-refractivity contribution >= 4 is 29.0 Å². The van der Waals surface area contributed by atoms with Crippen molar-refractivity contribution < 1.29 is 13.9 Å². The predicted octanol–water partition coefficient (Wildman–Crippen LogP) is 5.13. The van der Waals surface area contributed by atoms with Crippen LogP contribution >= 0.6 is 11.8 Å². The number of halogens is 1. The summed E-state index contributed by atoms with van der Waals surface area (Å²) < 4.78 is 20.0. The van der Waals surface area contributed by atoms with E-state index in [2.05, 4.69) is 5.32 Å². The molecular weight excluding hydrogens is 399 g/mol. The second-order valence-corrected chi connectivity index (χ2v) is 8.16. The number of rotatable bonds is 6. The van der Waals surface area contributed by atoms with Crippen LogP contribution in [0.15, 0.2) is 83.8 Å². The molecule has 4 nitrogen and oxygen atoms in total. The molecule has 0 bridgehead atoms. The number of carbonyl (C=O) groups excluding carboxylic acids is 1. The molecule has 6 heteroatoms. The lowest BCUT2D eigenvalue weighted by Gasteiger charge is -2.29. The lowest BCUT2D eigenvalue weighted by atomic mass is 10.1. The molecule has 3 aromatic carbocycles. The van der Waals surface area contributed by atoms with Crippen LogP contribution in [0.2, 0.25) is 0 Å². The van der Waals surface area contributed by atoms with E-state index >= 15 is 0 Å². The Morgan fingerprint density at radius 1 is 0.967 bits per heavy atom. The molecule has 1 aliphatic heterocycles. The average molecular weight is 423 g/mol. The van der Waals surface area contributed by atoms with Crippen molar-refractivity contribution in [1.82, 2.24) is 0 Å². The van der Waals surface area contributed by atoms with Gasteiger partial charge in [0.25, 0.3) is 0 Å². The summed E-state index contributed by atoms with van der Waals surface area (Å²) >= 11 is 1.47. The molecule has 4 rings (SSSR count). The largest absolute Gasteiger partial charge is 0.378 e. The Kier molecular flexibility index (Phi) is 6.67. The molecular formula is C24H23FN2O2S. The third-order valence-corrected chi connectivity index (χ3v) is 6.17. The quantitative estimate of drug-likeness (QED) is 0.559. The Balaban J connectivity index is 1.52. The van der Waals surface area contributed by atoms with Crippen molar-refractivity contribution in [3.63, 3.8) is 0 Å². The molecule has 0 radical (unpaired) electrons. The zero-order chi connectivity index (χ0) is 20.8. The highest BCUT2D eigenvalue weighted by Gasteiger charge is 2.23. The number of thioether (sulfide) groups is 1. The van der Waals surface area contributed by atoms with E-state index in [1.165, 1.54) is 17.8 Å². The Morgan fingerprint density at radius 2 is 1.63 bits per heavy atom. The van der Waals surface area contributed by atoms with Crippen LogP contribution in [0.3, 0.4) is 0 Å². The van der Waals surface area contributed by atoms with Crippen molar-refractivity contribution in [2.45, 2.75) is 10.1 Å². The van der Waals surface area contributed by atoms with Gasteiger partial charge in [-0.2, -0.15) is 0 Å². The SMILES string of the molecule is O=C(Nc1ccc(N2CCOCC2)c(F)c1)C(Sc1ccccc1)c1ccccc1. The standard InChI is InChI=1S/C24H23FN2O2S/c25-21-17-19(11-12-22(21)27-13-15-29-16-14-27)26-24(28)23(18-7-3-1-4-8-18)30-20-9-5-2-6-10-20/h1-12,17,23H,13-16H2,(H,26,28). The zero-order valence-corrected chi connectivity index (χ0v) is 17.3. The predicted molar refractivity (Wildman–Crippen MR) is 120 cm³/mol. The Morgan fingerprint density at radius 3 is 2.30 bits per heavy atom. The first kappa shape index (κ1) is 20.4. The van der Waals surface area contributed by atoms with E-state index in [9.17, 15) is 9.18 Å². The molecule has 0 aromatic heterocycles. The van der Waals surface area contributed by atoms with Crippen LogP contribution in [0, 0.1) is 5.82 Å². The molecule has 1 heterocycles. The molecule has 1 fully saturated rings. The van der Waals surface area contributed by atoms with Crippen LogP contribution in [0.4, 0.5) is 15.8 Å². The van der Waals surface area contributed by atoms with Crippen LogP contribution in [0.25, 0.3) is 0 Å². The minimum Gasteiger partial charge on any atom is -0.378 e. The third kappa shape index (κ3) is 5.01. The number of nitrogens with one attached hydrogen (secondary N) is 1. The molecule has 0 aliphatic carbocycles. The van der Waals surface area contributed by atoms with Gasteiger partial charge in [-0.15, -0.1) is 11.8 Å². The summed E-state index contributed by atoms with van der Waals surface area (Å²) in [5, 5.41) is 2.44. The second kappa shape index (κ2) is 9.78. The molecule has 1 atom stereocenters. The van der Waals surface area contributed by atoms with E-state index in [4.69, 9.17) is 4.74 Å². The lowest BCUT2D eigenvalue weighted by molar-refractivity contribution is -0.115. The van der Waals surface area contributed by atoms with E-state index in [1.807, 2.05) is 65.6 Å². The maximum absolute atomic E-state index is 14.7. The smallest absolute Gasteiger partial charge is 0.242 e. The Bertz CT molecular complexity index is 979. The second-order valence-electron chi connectivity index (χ2n) is 6.98. The minimum atomic E-state index is -0.449.